The molecule has 0 aliphatic carbocycles. The molecule has 1 unspecified atom stereocenters. The molecule has 0 fully saturated rings. The minimum atomic E-state index is -0.743. The van der Waals surface area contributed by atoms with Crippen LogP contribution in [0.2, 0.25) is 0 Å². The van der Waals surface area contributed by atoms with Crippen molar-refractivity contribution in [2.24, 2.45) is 11.2 Å². The fourth-order valence-corrected chi connectivity index (χ4v) is 0.909. The third-order valence-corrected chi connectivity index (χ3v) is 1.78. The molecule has 7 nitrogen and oxygen atoms in total. The number of esters is 1. The highest BCUT2D eigenvalue weighted by molar-refractivity contribution is 5.85. The van der Waals surface area contributed by atoms with Gasteiger partial charge in [0.25, 0.3) is 0 Å². The van der Waals surface area contributed by atoms with Crippen LogP contribution in [0.4, 0.5) is 0 Å². The monoisotopic (exact) mass is 217 g/mol. The molecule has 0 aliphatic heterocycles. The lowest BCUT2D eigenvalue weighted by Crippen LogP contribution is -2.46. The number of nitrogens with one attached hydrogen (secondary N) is 2. The molecule has 0 heterocycles. The summed E-state index contributed by atoms with van der Waals surface area (Å²) in [6.07, 6.45) is 0. The van der Waals surface area contributed by atoms with E-state index in [0.717, 1.165) is 0 Å². The Balaban J connectivity index is 4.14. The van der Waals surface area contributed by atoms with Crippen molar-refractivity contribution in [2.45, 2.75) is 19.9 Å². The van der Waals surface area contributed by atoms with Crippen LogP contribution in [0.1, 0.15) is 13.8 Å². The van der Waals surface area contributed by atoms with Crippen molar-refractivity contribution in [3.63, 3.8) is 0 Å². The molecule has 0 saturated carbocycles. The van der Waals surface area contributed by atoms with E-state index >= 15 is 0 Å². The fraction of sp³-hybridized carbons (Fsp3) is 0.750. The topological polar surface area (TPSA) is 96.9 Å². The van der Waals surface area contributed by atoms with Gasteiger partial charge in [0, 0.05) is 0 Å². The van der Waals surface area contributed by atoms with Gasteiger partial charge < -0.3 is 10.1 Å². The van der Waals surface area contributed by atoms with E-state index in [0.29, 0.717) is 0 Å². The van der Waals surface area contributed by atoms with Crippen molar-refractivity contribution in [1.29, 1.82) is 0 Å². The summed E-state index contributed by atoms with van der Waals surface area (Å²) in [6, 6.07) is -0.743. The Labute approximate surface area is 87.5 Å². The highest BCUT2D eigenvalue weighted by Gasteiger charge is 2.22. The number of ether oxygens (including phenoxy) is 1. The van der Waals surface area contributed by atoms with E-state index in [2.05, 4.69) is 20.8 Å². The fourth-order valence-electron chi connectivity index (χ4n) is 0.909. The van der Waals surface area contributed by atoms with E-state index in [1.165, 1.54) is 7.11 Å². The molecule has 0 radical (unpaired) electrons. The minimum Gasteiger partial charge on any atom is -0.468 e. The van der Waals surface area contributed by atoms with Crippen LogP contribution in [-0.4, -0.2) is 31.6 Å². The number of hydrogen-bond acceptors (Lipinski definition) is 5. The van der Waals surface area contributed by atoms with E-state index in [1.54, 1.807) is 13.8 Å². The summed E-state index contributed by atoms with van der Waals surface area (Å²) in [7, 11) is 1.22. The van der Waals surface area contributed by atoms with Gasteiger partial charge in [-0.2, -0.15) is 0 Å². The van der Waals surface area contributed by atoms with Gasteiger partial charge in [-0.3, -0.25) is 15.0 Å². The Morgan fingerprint density at radius 2 is 2.00 bits per heavy atom. The van der Waals surface area contributed by atoms with Gasteiger partial charge in [0.05, 0.1) is 12.4 Å². The number of rotatable bonds is 6. The van der Waals surface area contributed by atoms with Crippen LogP contribution < -0.4 is 10.7 Å². The van der Waals surface area contributed by atoms with E-state index in [-0.39, 0.29) is 12.5 Å². The predicted octanol–water partition coefficient (Wildman–Crippen LogP) is -0.429. The molecule has 15 heavy (non-hydrogen) atoms. The van der Waals surface area contributed by atoms with Crippen LogP contribution in [0.5, 0.6) is 0 Å². The average molecular weight is 217 g/mol. The molecule has 0 saturated heterocycles. The lowest BCUT2D eigenvalue weighted by molar-refractivity contribution is -0.141. The minimum absolute atomic E-state index is 0.111. The van der Waals surface area contributed by atoms with Crippen molar-refractivity contribution in [3.8, 4) is 0 Å². The zero-order valence-corrected chi connectivity index (χ0v) is 8.94. The number of hydrogen-bond donors (Lipinski definition) is 2. The molecule has 86 valence electrons. The summed E-state index contributed by atoms with van der Waals surface area (Å²) >= 11 is 0. The maximum Gasteiger partial charge on any atom is 0.325 e. The van der Waals surface area contributed by atoms with Crippen molar-refractivity contribution >= 4 is 11.9 Å². The number of amides is 1. The van der Waals surface area contributed by atoms with Gasteiger partial charge >= 0.3 is 5.97 Å². The standard InChI is InChI=1S/C8H15N3O4/c1-5(2)7(10-11-14)8(13)9-4-6(12)15-3/h5,7H,4H2,1-3H3,(H,9,13)(H,10,14). The molecule has 0 aliphatic rings. The van der Waals surface area contributed by atoms with Gasteiger partial charge in [-0.05, 0) is 5.92 Å². The lowest BCUT2D eigenvalue weighted by atomic mass is 10.0. The van der Waals surface area contributed by atoms with Crippen molar-refractivity contribution < 1.29 is 14.3 Å². The number of methoxy groups -OCH3 is 1. The number of carbonyl (C=O) groups is 2. The third kappa shape index (κ3) is 4.94. The number of carbonyl (C=O) groups excluding carboxylic acids is 2. The van der Waals surface area contributed by atoms with Crippen LogP contribution in [0.15, 0.2) is 5.29 Å². The first-order chi connectivity index (χ1) is 7.02. The molecular weight excluding hydrogens is 202 g/mol. The molecule has 1 amide bonds. The second-order valence-electron chi connectivity index (χ2n) is 3.24. The Hall–Kier alpha value is -1.66. The molecule has 1 atom stereocenters. The number of nitrogens with zero attached hydrogens (tertiary/aromatic N) is 1. The van der Waals surface area contributed by atoms with Crippen molar-refractivity contribution in [2.75, 3.05) is 13.7 Å². The molecule has 0 aromatic heterocycles. The SMILES string of the molecule is COC(=O)CNC(=O)C(NN=O)C(C)C. The van der Waals surface area contributed by atoms with Crippen LogP contribution >= 0.6 is 0 Å². The van der Waals surface area contributed by atoms with Crippen molar-refractivity contribution in [1.82, 2.24) is 10.7 Å². The average Bonchev–Trinajstić information content (AvgIpc) is 2.21. The van der Waals surface area contributed by atoms with E-state index in [9.17, 15) is 14.5 Å². The smallest absolute Gasteiger partial charge is 0.325 e. The molecule has 0 aromatic rings. The first-order valence-electron chi connectivity index (χ1n) is 4.45. The highest BCUT2D eigenvalue weighted by atomic mass is 16.5. The van der Waals surface area contributed by atoms with E-state index < -0.39 is 17.9 Å². The Morgan fingerprint density at radius 1 is 1.40 bits per heavy atom. The molecule has 0 spiro atoms. The zero-order valence-electron chi connectivity index (χ0n) is 8.94. The van der Waals surface area contributed by atoms with Gasteiger partial charge in [0.2, 0.25) is 5.91 Å². The third-order valence-electron chi connectivity index (χ3n) is 1.78. The van der Waals surface area contributed by atoms with Crippen molar-refractivity contribution in [3.05, 3.63) is 4.91 Å². The van der Waals surface area contributed by atoms with Gasteiger partial charge in [-0.1, -0.05) is 13.8 Å². The second kappa shape index (κ2) is 6.74. The maximum atomic E-state index is 11.4. The summed E-state index contributed by atoms with van der Waals surface area (Å²) in [5, 5.41) is 4.77. The van der Waals surface area contributed by atoms with E-state index in [4.69, 9.17) is 0 Å². The Bertz CT molecular complexity index is 242. The van der Waals surface area contributed by atoms with Gasteiger partial charge in [-0.15, -0.1) is 4.91 Å². The largest absolute Gasteiger partial charge is 0.468 e. The first kappa shape index (κ1) is 13.3. The molecule has 0 aromatic carbocycles. The van der Waals surface area contributed by atoms with Gasteiger partial charge in [0.1, 0.15) is 12.6 Å². The second-order valence-corrected chi connectivity index (χ2v) is 3.24. The molecular formula is C8H15N3O4. The molecule has 7 heteroatoms. The summed E-state index contributed by atoms with van der Waals surface area (Å²) in [5.41, 5.74) is 2.13. The summed E-state index contributed by atoms with van der Waals surface area (Å²) < 4.78 is 4.34. The summed E-state index contributed by atoms with van der Waals surface area (Å²) in [5.74, 6) is -1.12. The predicted molar refractivity (Wildman–Crippen MR) is 52.6 cm³/mol. The van der Waals surface area contributed by atoms with Gasteiger partial charge in [-0.25, -0.2) is 0 Å². The Morgan fingerprint density at radius 3 is 2.40 bits per heavy atom. The first-order valence-corrected chi connectivity index (χ1v) is 4.45. The normalized spacial score (nSPS) is 11.7. The highest BCUT2D eigenvalue weighted by Crippen LogP contribution is 2.01. The zero-order chi connectivity index (χ0) is 11.8. The molecule has 0 rings (SSSR count). The quantitative estimate of drug-likeness (QED) is 0.357. The van der Waals surface area contributed by atoms with Crippen LogP contribution in [0, 0.1) is 10.8 Å². The maximum absolute atomic E-state index is 11.4. The van der Waals surface area contributed by atoms with Crippen LogP contribution in [0.25, 0.3) is 0 Å². The van der Waals surface area contributed by atoms with Gasteiger partial charge in [0.15, 0.2) is 0 Å². The Kier molecular flexibility index (Phi) is 6.00. The van der Waals surface area contributed by atoms with E-state index in [1.807, 2.05) is 0 Å². The van der Waals surface area contributed by atoms with Crippen LogP contribution in [0.3, 0.4) is 0 Å². The van der Waals surface area contributed by atoms with Crippen LogP contribution in [-0.2, 0) is 14.3 Å². The molecule has 0 bridgehead atoms. The number of nitroso groups, excluding NO2 is 1. The lowest BCUT2D eigenvalue weighted by Gasteiger charge is -2.17. The summed E-state index contributed by atoms with van der Waals surface area (Å²) in [4.78, 5) is 32.1. The molecule has 2 N–H and O–H groups in total. The summed E-state index contributed by atoms with van der Waals surface area (Å²) in [6.45, 7) is 3.28.